The molecule has 2 rings (SSSR count). The maximum atomic E-state index is 5.65. The number of benzene rings is 1. The van der Waals surface area contributed by atoms with Gasteiger partial charge in [-0.25, -0.2) is 9.97 Å². The van der Waals surface area contributed by atoms with Crippen LogP contribution in [0.1, 0.15) is 5.56 Å². The maximum absolute atomic E-state index is 5.65. The van der Waals surface area contributed by atoms with Crippen molar-refractivity contribution in [1.29, 1.82) is 0 Å². The van der Waals surface area contributed by atoms with Gasteiger partial charge in [-0.05, 0) is 30.2 Å². The number of nitrogens with zero attached hydrogens (tertiary/aromatic N) is 2. The molecule has 0 aliphatic rings. The van der Waals surface area contributed by atoms with Crippen molar-refractivity contribution < 1.29 is 0 Å². The second-order valence-electron chi connectivity index (χ2n) is 2.65. The summed E-state index contributed by atoms with van der Waals surface area (Å²) in [6.07, 6.45) is 1.75. The number of hydrogen-bond acceptors (Lipinski definition) is 2. The summed E-state index contributed by atoms with van der Waals surface area (Å²) in [5, 5.41) is 1.36. The predicted octanol–water partition coefficient (Wildman–Crippen LogP) is 2.59. The first-order valence-corrected chi connectivity index (χ1v) is 4.03. The Morgan fingerprint density at radius 3 is 3.00 bits per heavy atom. The van der Waals surface area contributed by atoms with Gasteiger partial charge in [-0.15, -0.1) is 0 Å². The highest BCUT2D eigenvalue weighted by atomic mass is 35.5. The molecular formula is C9H7ClN2. The lowest BCUT2D eigenvalue weighted by molar-refractivity contribution is 1.22. The summed E-state index contributed by atoms with van der Waals surface area (Å²) in [5.41, 5.74) is 2.07. The van der Waals surface area contributed by atoms with Gasteiger partial charge in [0, 0.05) is 11.6 Å². The van der Waals surface area contributed by atoms with Crippen LogP contribution in [0.15, 0.2) is 24.4 Å². The second kappa shape index (κ2) is 2.72. The number of halogens is 1. The first-order chi connectivity index (χ1) is 5.77. The highest BCUT2D eigenvalue weighted by molar-refractivity contribution is 6.28. The number of fused-ring (bicyclic) bond motifs is 1. The van der Waals surface area contributed by atoms with Gasteiger partial charge < -0.3 is 0 Å². The summed E-state index contributed by atoms with van der Waals surface area (Å²) in [7, 11) is 0. The molecule has 0 fully saturated rings. The van der Waals surface area contributed by atoms with E-state index in [1.165, 1.54) is 5.56 Å². The Morgan fingerprint density at radius 2 is 2.17 bits per heavy atom. The van der Waals surface area contributed by atoms with Crippen molar-refractivity contribution in [3.63, 3.8) is 0 Å². The van der Waals surface area contributed by atoms with Crippen LogP contribution in [0.2, 0.25) is 5.28 Å². The van der Waals surface area contributed by atoms with Gasteiger partial charge in [0.2, 0.25) is 5.28 Å². The molecule has 2 aromatic rings. The molecule has 0 aliphatic heterocycles. The Bertz CT molecular complexity index is 426. The lowest BCUT2D eigenvalue weighted by Gasteiger charge is -1.99. The summed E-state index contributed by atoms with van der Waals surface area (Å²) < 4.78 is 0. The molecule has 0 atom stereocenters. The quantitative estimate of drug-likeness (QED) is 0.580. The highest BCUT2D eigenvalue weighted by Gasteiger charge is 1.98. The average molecular weight is 179 g/mol. The van der Waals surface area contributed by atoms with Crippen LogP contribution in [0.4, 0.5) is 0 Å². The van der Waals surface area contributed by atoms with Gasteiger partial charge in [0.15, 0.2) is 0 Å². The number of hydrogen-bond donors (Lipinski definition) is 0. The van der Waals surface area contributed by atoms with Gasteiger partial charge in [-0.3, -0.25) is 0 Å². The van der Waals surface area contributed by atoms with Crippen molar-refractivity contribution in [2.24, 2.45) is 0 Å². The summed E-state index contributed by atoms with van der Waals surface area (Å²) in [5.74, 6) is 0. The molecule has 0 N–H and O–H groups in total. The van der Waals surface area contributed by atoms with E-state index in [-0.39, 0.29) is 0 Å². The molecule has 1 aromatic heterocycles. The molecule has 0 saturated carbocycles. The molecule has 12 heavy (non-hydrogen) atoms. The smallest absolute Gasteiger partial charge is 0.222 e. The monoisotopic (exact) mass is 178 g/mol. The van der Waals surface area contributed by atoms with Gasteiger partial charge in [0.1, 0.15) is 0 Å². The molecule has 0 amide bonds. The highest BCUT2D eigenvalue weighted by Crippen LogP contribution is 2.16. The first-order valence-electron chi connectivity index (χ1n) is 3.65. The third-order valence-corrected chi connectivity index (χ3v) is 2.00. The topological polar surface area (TPSA) is 25.8 Å². The van der Waals surface area contributed by atoms with E-state index in [2.05, 4.69) is 9.97 Å². The Kier molecular flexibility index (Phi) is 1.70. The molecule has 0 bridgehead atoms. The van der Waals surface area contributed by atoms with Crippen molar-refractivity contribution in [1.82, 2.24) is 9.97 Å². The van der Waals surface area contributed by atoms with Gasteiger partial charge in [0.25, 0.3) is 0 Å². The first kappa shape index (κ1) is 7.50. The maximum Gasteiger partial charge on any atom is 0.222 e. The van der Waals surface area contributed by atoms with E-state index >= 15 is 0 Å². The Balaban J connectivity index is 2.86. The van der Waals surface area contributed by atoms with E-state index in [9.17, 15) is 0 Å². The fourth-order valence-electron chi connectivity index (χ4n) is 1.18. The predicted molar refractivity (Wildman–Crippen MR) is 49.3 cm³/mol. The summed E-state index contributed by atoms with van der Waals surface area (Å²) >= 11 is 5.65. The minimum absolute atomic E-state index is 0.299. The normalized spacial score (nSPS) is 10.5. The van der Waals surface area contributed by atoms with E-state index in [4.69, 9.17) is 11.6 Å². The third-order valence-electron chi connectivity index (χ3n) is 1.81. The van der Waals surface area contributed by atoms with Crippen molar-refractivity contribution in [3.05, 3.63) is 35.2 Å². The van der Waals surface area contributed by atoms with Crippen LogP contribution in [0.3, 0.4) is 0 Å². The molecule has 2 nitrogen and oxygen atoms in total. The molecule has 0 aliphatic carbocycles. The van der Waals surface area contributed by atoms with Crippen molar-refractivity contribution in [2.45, 2.75) is 6.92 Å². The zero-order valence-corrected chi connectivity index (χ0v) is 7.34. The minimum Gasteiger partial charge on any atom is -0.226 e. The lowest BCUT2D eigenvalue weighted by atomic mass is 10.1. The average Bonchev–Trinajstić information content (AvgIpc) is 2.04. The van der Waals surface area contributed by atoms with Crippen molar-refractivity contribution in [2.75, 3.05) is 0 Å². The fraction of sp³-hybridized carbons (Fsp3) is 0.111. The zero-order chi connectivity index (χ0) is 8.55. The van der Waals surface area contributed by atoms with Crippen LogP contribution in [-0.2, 0) is 0 Å². The van der Waals surface area contributed by atoms with Gasteiger partial charge in [-0.1, -0.05) is 12.1 Å². The number of aryl methyl sites for hydroxylation is 1. The van der Waals surface area contributed by atoms with E-state index in [1.54, 1.807) is 6.20 Å². The summed E-state index contributed by atoms with van der Waals surface area (Å²) in [4.78, 5) is 8.01. The second-order valence-corrected chi connectivity index (χ2v) is 2.98. The van der Waals surface area contributed by atoms with Crippen LogP contribution >= 0.6 is 11.6 Å². The van der Waals surface area contributed by atoms with Gasteiger partial charge in [-0.2, -0.15) is 0 Å². The molecule has 0 radical (unpaired) electrons. The molecular weight excluding hydrogens is 172 g/mol. The van der Waals surface area contributed by atoms with Crippen LogP contribution in [0.5, 0.6) is 0 Å². The molecule has 1 heterocycles. The molecule has 3 heteroatoms. The lowest BCUT2D eigenvalue weighted by Crippen LogP contribution is -1.85. The SMILES string of the molecule is Cc1cccc2nc(Cl)ncc12. The third kappa shape index (κ3) is 1.14. The van der Waals surface area contributed by atoms with E-state index in [1.807, 2.05) is 25.1 Å². The van der Waals surface area contributed by atoms with E-state index < -0.39 is 0 Å². The number of aromatic nitrogens is 2. The molecule has 0 unspecified atom stereocenters. The molecule has 1 aromatic carbocycles. The van der Waals surface area contributed by atoms with Gasteiger partial charge in [0.05, 0.1) is 5.52 Å². The van der Waals surface area contributed by atoms with Crippen molar-refractivity contribution in [3.8, 4) is 0 Å². The van der Waals surface area contributed by atoms with Crippen LogP contribution in [-0.4, -0.2) is 9.97 Å². The number of rotatable bonds is 0. The standard InChI is InChI=1S/C9H7ClN2/c1-6-3-2-4-8-7(6)5-11-9(10)12-8/h2-5H,1H3. The summed E-state index contributed by atoms with van der Waals surface area (Å²) in [6, 6.07) is 5.91. The Morgan fingerprint density at radius 1 is 1.33 bits per heavy atom. The Labute approximate surface area is 75.2 Å². The molecule has 0 saturated heterocycles. The van der Waals surface area contributed by atoms with E-state index in [0.717, 1.165) is 10.9 Å². The zero-order valence-electron chi connectivity index (χ0n) is 6.58. The van der Waals surface area contributed by atoms with Gasteiger partial charge >= 0.3 is 0 Å². The van der Waals surface area contributed by atoms with Crippen molar-refractivity contribution >= 4 is 22.5 Å². The minimum atomic E-state index is 0.299. The fourth-order valence-corrected chi connectivity index (χ4v) is 1.32. The van der Waals surface area contributed by atoms with Crippen LogP contribution < -0.4 is 0 Å². The summed E-state index contributed by atoms with van der Waals surface area (Å²) in [6.45, 7) is 2.03. The van der Waals surface area contributed by atoms with Crippen LogP contribution in [0, 0.1) is 6.92 Å². The molecule has 0 spiro atoms. The molecule has 60 valence electrons. The largest absolute Gasteiger partial charge is 0.226 e. The van der Waals surface area contributed by atoms with E-state index in [0.29, 0.717) is 5.28 Å². The Hall–Kier alpha value is -1.15. The van der Waals surface area contributed by atoms with Crippen LogP contribution in [0.25, 0.3) is 10.9 Å².